The summed E-state index contributed by atoms with van der Waals surface area (Å²) in [6.45, 7) is 0. The van der Waals surface area contributed by atoms with Crippen LogP contribution in [0.2, 0.25) is 0 Å². The van der Waals surface area contributed by atoms with E-state index >= 15 is 0 Å². The van der Waals surface area contributed by atoms with Gasteiger partial charge in [-0.15, -0.1) is 0 Å². The molecule has 0 aliphatic heterocycles. The second-order valence-electron chi connectivity index (χ2n) is 0.206. The van der Waals surface area contributed by atoms with Gasteiger partial charge in [0.2, 0.25) is 0 Å². The van der Waals surface area contributed by atoms with Gasteiger partial charge < -0.3 is 0 Å². The Morgan fingerprint density at radius 2 is 2.25 bits per heavy atom. The minimum absolute atomic E-state index is 0.227. The predicted molar refractivity (Wildman–Crippen MR) is 22.4 cm³/mol. The maximum absolute atomic E-state index is 5.03. The average molecular weight is 107 g/mol. The molecule has 0 atom stereocenters. The predicted octanol–water partition coefficient (Wildman–Crippen LogP) is 1.17. The van der Waals surface area contributed by atoms with E-state index < -0.39 is 0 Å². The van der Waals surface area contributed by atoms with E-state index in [0.29, 0.717) is 0 Å². The van der Waals surface area contributed by atoms with Crippen LogP contribution in [0.1, 0.15) is 0 Å². The van der Waals surface area contributed by atoms with E-state index in [4.69, 9.17) is 11.1 Å². The topological polar surface area (TPSA) is 0 Å². The van der Waals surface area contributed by atoms with Crippen molar-refractivity contribution in [2.75, 3.05) is 0 Å². The monoisotopic (exact) mass is 106 g/mol. The van der Waals surface area contributed by atoms with E-state index in [9.17, 15) is 0 Å². The summed E-state index contributed by atoms with van der Waals surface area (Å²) in [5.74, 6) is 0. The molecule has 0 aliphatic carbocycles. The standard InChI is InChI=1S/CClPSi/c2-4-1-3. The molecule has 0 saturated heterocycles. The fourth-order valence-corrected chi connectivity index (χ4v) is 0. The SMILES string of the molecule is P#C[Si]Cl. The molecule has 0 aromatic rings. The molecule has 20 valence electrons. The molecule has 0 aliphatic rings. The third-order valence-electron chi connectivity index (χ3n) is 0.0423. The summed E-state index contributed by atoms with van der Waals surface area (Å²) >= 11 is 5.03. The van der Waals surface area contributed by atoms with Crippen molar-refractivity contribution in [2.24, 2.45) is 0 Å². The Morgan fingerprint density at radius 3 is 2.25 bits per heavy atom. The van der Waals surface area contributed by atoms with E-state index in [-0.39, 0.29) is 8.83 Å². The molecule has 0 N–H and O–H groups in total. The summed E-state index contributed by atoms with van der Waals surface area (Å²) in [5, 5.41) is 2.42. The van der Waals surface area contributed by atoms with E-state index in [0.717, 1.165) is 0 Å². The summed E-state index contributed by atoms with van der Waals surface area (Å²) in [6, 6.07) is 0. The summed E-state index contributed by atoms with van der Waals surface area (Å²) in [6.07, 6.45) is 0. The van der Waals surface area contributed by atoms with Crippen LogP contribution in [0, 0.1) is 5.25 Å². The van der Waals surface area contributed by atoms with Crippen LogP contribution in [-0.4, -0.2) is 8.83 Å². The van der Waals surface area contributed by atoms with E-state index in [1.54, 1.807) is 0 Å². The molecule has 0 unspecified atom stereocenters. The van der Waals surface area contributed by atoms with Gasteiger partial charge in [0, 0.05) is 0 Å². The molecule has 4 heavy (non-hydrogen) atoms. The summed E-state index contributed by atoms with van der Waals surface area (Å²) in [7, 11) is 3.78. The van der Waals surface area contributed by atoms with Gasteiger partial charge in [-0.1, -0.05) is 0 Å². The number of hydrogen-bond acceptors (Lipinski definition) is 0. The Hall–Kier alpha value is 0.717. The van der Waals surface area contributed by atoms with Crippen molar-refractivity contribution in [2.45, 2.75) is 0 Å². The molecule has 0 nitrogen and oxygen atoms in total. The molecule has 0 heterocycles. The van der Waals surface area contributed by atoms with Gasteiger partial charge in [-0.3, -0.25) is 0 Å². The van der Waals surface area contributed by atoms with Crippen molar-refractivity contribution in [1.82, 2.24) is 0 Å². The van der Waals surface area contributed by atoms with Crippen LogP contribution in [0.15, 0.2) is 0 Å². The van der Waals surface area contributed by atoms with Gasteiger partial charge in [-0.2, -0.15) is 0 Å². The van der Waals surface area contributed by atoms with Crippen molar-refractivity contribution >= 4 is 28.6 Å². The minimum atomic E-state index is 0.227. The zero-order valence-corrected chi connectivity index (χ0v) is 4.48. The molecular weight excluding hydrogens is 107 g/mol. The van der Waals surface area contributed by atoms with Crippen LogP contribution < -0.4 is 0 Å². The van der Waals surface area contributed by atoms with Crippen molar-refractivity contribution < 1.29 is 0 Å². The fourth-order valence-electron chi connectivity index (χ4n) is 0. The van der Waals surface area contributed by atoms with E-state index in [1.165, 1.54) is 0 Å². The fraction of sp³-hybridized carbons (Fsp3) is 0. The van der Waals surface area contributed by atoms with Gasteiger partial charge in [0.15, 0.2) is 0 Å². The normalized spacial score (nSPS) is 5.00. The van der Waals surface area contributed by atoms with Crippen molar-refractivity contribution in [3.8, 4) is 5.25 Å². The zero-order chi connectivity index (χ0) is 3.41. The van der Waals surface area contributed by atoms with Crippen molar-refractivity contribution in [3.63, 3.8) is 0 Å². The molecule has 0 bridgehead atoms. The zero-order valence-electron chi connectivity index (χ0n) is 1.83. The first kappa shape index (κ1) is 4.72. The second kappa shape index (κ2) is 3.72. The Bertz CT molecular complexity index is 37.8. The number of rotatable bonds is 0. The molecule has 2 radical (unpaired) electrons. The van der Waals surface area contributed by atoms with Crippen LogP contribution >= 0.6 is 19.8 Å². The molecule has 0 rings (SSSR count). The Morgan fingerprint density at radius 1 is 2.00 bits per heavy atom. The van der Waals surface area contributed by atoms with E-state index in [1.807, 2.05) is 0 Å². The molecule has 0 aromatic carbocycles. The van der Waals surface area contributed by atoms with Crippen molar-refractivity contribution in [3.05, 3.63) is 0 Å². The quantitative estimate of drug-likeness (QED) is 0.247. The Kier molecular flexibility index (Phi) is 4.38. The number of hydrogen-bond donors (Lipinski definition) is 0. The summed E-state index contributed by atoms with van der Waals surface area (Å²) in [4.78, 5) is 0. The van der Waals surface area contributed by atoms with Gasteiger partial charge in [-0.05, 0) is 0 Å². The van der Waals surface area contributed by atoms with Gasteiger partial charge in [0.05, 0.1) is 0 Å². The third kappa shape index (κ3) is 2.72. The van der Waals surface area contributed by atoms with Crippen LogP contribution in [-0.2, 0) is 0 Å². The van der Waals surface area contributed by atoms with Crippen LogP contribution in [0.25, 0.3) is 0 Å². The number of halogens is 1. The van der Waals surface area contributed by atoms with Gasteiger partial charge in [-0.25, -0.2) is 0 Å². The van der Waals surface area contributed by atoms with Gasteiger partial charge >= 0.3 is 33.9 Å². The van der Waals surface area contributed by atoms with E-state index in [2.05, 4.69) is 13.9 Å². The Balaban J connectivity index is 2.43. The Labute approximate surface area is 34.6 Å². The first-order valence-corrected chi connectivity index (χ1v) is 3.12. The van der Waals surface area contributed by atoms with Crippen LogP contribution in [0.4, 0.5) is 0 Å². The van der Waals surface area contributed by atoms with Crippen LogP contribution in [0.5, 0.6) is 0 Å². The maximum atomic E-state index is 5.03. The summed E-state index contributed by atoms with van der Waals surface area (Å²) < 4.78 is 0. The molecule has 0 saturated carbocycles. The van der Waals surface area contributed by atoms with Gasteiger partial charge in [0.25, 0.3) is 0 Å². The summed E-state index contributed by atoms with van der Waals surface area (Å²) in [5.41, 5.74) is 0. The first-order valence-electron chi connectivity index (χ1n) is 0.663. The molecule has 3 heteroatoms. The average Bonchev–Trinajstić information content (AvgIpc) is 1.37. The van der Waals surface area contributed by atoms with Crippen LogP contribution in [0.3, 0.4) is 0 Å². The second-order valence-corrected chi connectivity index (χ2v) is 1.86. The molecule has 0 fully saturated rings. The molecular formula is CClPSi. The molecule has 0 spiro atoms. The first-order chi connectivity index (χ1) is 1.91. The third-order valence-corrected chi connectivity index (χ3v) is 1.14. The molecule has 0 aromatic heterocycles. The molecule has 0 amide bonds. The van der Waals surface area contributed by atoms with Crippen molar-refractivity contribution in [1.29, 1.82) is 0 Å². The van der Waals surface area contributed by atoms with Gasteiger partial charge in [0.1, 0.15) is 0 Å².